The van der Waals surface area contributed by atoms with Crippen LogP contribution in [0.1, 0.15) is 6.92 Å². The number of carboxylic acid groups (broad SMARTS) is 1. The van der Waals surface area contributed by atoms with Crippen molar-refractivity contribution in [3.8, 4) is 0 Å². The molecular weight excluding hydrogens is 407 g/mol. The molecule has 28 heavy (non-hydrogen) atoms. The fourth-order valence-electron chi connectivity index (χ4n) is 2.51. The van der Waals surface area contributed by atoms with Crippen LogP contribution in [0.5, 0.6) is 0 Å². The Bertz CT molecular complexity index is 783. The predicted molar refractivity (Wildman–Crippen MR) is 87.7 cm³/mol. The van der Waals surface area contributed by atoms with Crippen LogP contribution in [0.15, 0.2) is 16.4 Å². The molecular formula is C14H15N4NaO8S. The van der Waals surface area contributed by atoms with E-state index in [9.17, 15) is 29.1 Å². The van der Waals surface area contributed by atoms with Gasteiger partial charge in [-0.3, -0.25) is 19.3 Å². The van der Waals surface area contributed by atoms with E-state index in [1.165, 1.54) is 0 Å². The van der Waals surface area contributed by atoms with Gasteiger partial charge < -0.3 is 30.5 Å². The number of aliphatic carboxylic acids is 1. The fourth-order valence-corrected chi connectivity index (χ4v) is 3.83. The molecule has 2 aliphatic rings. The number of primary amides is 1. The Hall–Kier alpha value is -2.09. The summed E-state index contributed by atoms with van der Waals surface area (Å²) in [7, 11) is 1.15. The number of carbonyl (C=O) groups is 5. The Balaban J connectivity index is 0.00000392. The van der Waals surface area contributed by atoms with Crippen molar-refractivity contribution in [2.45, 2.75) is 18.3 Å². The number of rotatable bonds is 7. The first kappa shape index (κ1) is 23.9. The van der Waals surface area contributed by atoms with Crippen molar-refractivity contribution >= 4 is 47.1 Å². The number of ether oxygens (including phenoxy) is 1. The molecule has 0 saturated carbocycles. The van der Waals surface area contributed by atoms with Crippen molar-refractivity contribution in [2.24, 2.45) is 10.9 Å². The van der Waals surface area contributed by atoms with Crippen molar-refractivity contribution in [3.05, 3.63) is 11.3 Å². The molecule has 2 heterocycles. The molecule has 1 saturated heterocycles. The molecule has 2 atom stereocenters. The average molecular weight is 422 g/mol. The van der Waals surface area contributed by atoms with E-state index >= 15 is 0 Å². The summed E-state index contributed by atoms with van der Waals surface area (Å²) < 4.78 is 4.58. The monoisotopic (exact) mass is 422 g/mol. The second-order valence-corrected chi connectivity index (χ2v) is 6.49. The number of fused-ring (bicyclic) bond motifs is 1. The largest absolute Gasteiger partial charge is 1.00 e. The van der Waals surface area contributed by atoms with E-state index in [4.69, 9.17) is 5.73 Å². The zero-order valence-corrected chi connectivity index (χ0v) is 18.0. The predicted octanol–water partition coefficient (Wildman–Crippen LogP) is -5.92. The molecule has 1 fully saturated rings. The summed E-state index contributed by atoms with van der Waals surface area (Å²) in [5.74, 6) is -3.85. The number of Topliss-reactive ketones (excluding diaryl/α,β-unsaturated/α-hetero) is 1. The van der Waals surface area contributed by atoms with Crippen LogP contribution in [-0.2, 0) is 28.8 Å². The van der Waals surface area contributed by atoms with Crippen molar-refractivity contribution in [1.82, 2.24) is 10.2 Å². The summed E-state index contributed by atoms with van der Waals surface area (Å²) in [5.41, 5.74) is 4.03. The molecule has 12 nitrogen and oxygen atoms in total. The maximum absolute atomic E-state index is 12.4. The van der Waals surface area contributed by atoms with Crippen molar-refractivity contribution in [2.75, 3.05) is 19.5 Å². The third-order valence-electron chi connectivity index (χ3n) is 3.65. The number of nitrogens with zero attached hydrogens (tertiary/aromatic N) is 2. The standard InChI is InChI=1S/C14H16N4O8S.Na/c1-5(19)7(17-25-2)10(20)16-8-11(21)18-9(13(22)23)6(3-26-14(15)24)4-27-12(8)18;/h8,12H,3-4H2,1-2H3,(H2,15,24)(H,16,20)(H,22,23);/q;+1/p-1/t8?,12-;/m1./s1. The number of amides is 3. The van der Waals surface area contributed by atoms with Gasteiger partial charge in [0.05, 0.1) is 11.7 Å². The Morgan fingerprint density at radius 2 is 2.04 bits per heavy atom. The van der Waals surface area contributed by atoms with Crippen molar-refractivity contribution < 1.29 is 68.2 Å². The number of nitrogens with one attached hydrogen (secondary N) is 1. The summed E-state index contributed by atoms with van der Waals surface area (Å²) in [6.45, 7) is 0.692. The first-order valence-corrected chi connectivity index (χ1v) is 8.47. The van der Waals surface area contributed by atoms with Crippen LogP contribution in [-0.4, -0.2) is 71.2 Å². The minimum atomic E-state index is -1.63. The van der Waals surface area contributed by atoms with Crippen LogP contribution >= 0.6 is 11.8 Å². The van der Waals surface area contributed by atoms with Gasteiger partial charge >= 0.3 is 35.7 Å². The number of hydrogen-bond acceptors (Lipinski definition) is 10. The molecule has 3 amide bonds. The van der Waals surface area contributed by atoms with E-state index in [2.05, 4.69) is 20.0 Å². The van der Waals surface area contributed by atoms with Crippen LogP contribution in [0.2, 0.25) is 0 Å². The number of thioether (sulfide) groups is 1. The molecule has 1 unspecified atom stereocenters. The summed E-state index contributed by atoms with van der Waals surface area (Å²) in [6.07, 6.45) is -1.10. The number of ketones is 1. The molecule has 0 spiro atoms. The van der Waals surface area contributed by atoms with E-state index in [1.807, 2.05) is 0 Å². The average Bonchev–Trinajstić information content (AvgIpc) is 2.60. The Morgan fingerprint density at radius 1 is 1.39 bits per heavy atom. The van der Waals surface area contributed by atoms with Gasteiger partial charge in [-0.15, -0.1) is 11.8 Å². The maximum Gasteiger partial charge on any atom is 1.00 e. The van der Waals surface area contributed by atoms with E-state index < -0.39 is 59.1 Å². The number of β-lactam (4-membered cyclic amide) rings is 1. The second kappa shape index (κ2) is 9.91. The minimum absolute atomic E-state index is 0. The topological polar surface area (TPSA) is 181 Å². The van der Waals surface area contributed by atoms with Crippen LogP contribution in [0.3, 0.4) is 0 Å². The number of carboxylic acids is 1. The van der Waals surface area contributed by atoms with Crippen molar-refractivity contribution in [1.29, 1.82) is 0 Å². The smallest absolute Gasteiger partial charge is 0.543 e. The molecule has 146 valence electrons. The first-order valence-electron chi connectivity index (χ1n) is 7.42. The minimum Gasteiger partial charge on any atom is -0.543 e. The first-order chi connectivity index (χ1) is 12.7. The Kier molecular flexibility index (Phi) is 8.48. The zero-order valence-electron chi connectivity index (χ0n) is 15.2. The maximum atomic E-state index is 12.4. The van der Waals surface area contributed by atoms with E-state index in [-0.39, 0.29) is 40.9 Å². The molecule has 2 aliphatic heterocycles. The molecule has 0 aromatic heterocycles. The van der Waals surface area contributed by atoms with Gasteiger partial charge in [-0.2, -0.15) is 0 Å². The summed E-state index contributed by atoms with van der Waals surface area (Å²) in [4.78, 5) is 63.4. The van der Waals surface area contributed by atoms with Crippen LogP contribution < -0.4 is 45.7 Å². The Labute approximate surface area is 185 Å². The van der Waals surface area contributed by atoms with E-state index in [0.717, 1.165) is 30.7 Å². The number of oxime groups is 1. The van der Waals surface area contributed by atoms with Gasteiger partial charge in [0, 0.05) is 18.2 Å². The Morgan fingerprint density at radius 3 is 2.54 bits per heavy atom. The normalized spacial score (nSPS) is 21.0. The molecule has 0 aromatic rings. The molecule has 0 aromatic carbocycles. The van der Waals surface area contributed by atoms with Gasteiger partial charge in [-0.25, -0.2) is 4.79 Å². The number of hydrogen-bond donors (Lipinski definition) is 2. The van der Waals surface area contributed by atoms with Gasteiger partial charge in [-0.1, -0.05) is 5.16 Å². The van der Waals surface area contributed by atoms with Gasteiger partial charge in [-0.05, 0) is 0 Å². The summed E-state index contributed by atoms with van der Waals surface area (Å²) in [5, 5.41) is 16.4. The molecule has 0 aliphatic carbocycles. The van der Waals surface area contributed by atoms with Crippen LogP contribution in [0, 0.1) is 0 Å². The van der Waals surface area contributed by atoms with E-state index in [1.54, 1.807) is 0 Å². The summed E-state index contributed by atoms with van der Waals surface area (Å²) >= 11 is 1.13. The third kappa shape index (κ3) is 4.84. The van der Waals surface area contributed by atoms with Gasteiger partial charge in [0.2, 0.25) is 5.71 Å². The molecule has 14 heteroatoms. The molecule has 0 bridgehead atoms. The quantitative estimate of drug-likeness (QED) is 0.133. The van der Waals surface area contributed by atoms with Gasteiger partial charge in [0.1, 0.15) is 25.1 Å². The molecule has 2 rings (SSSR count). The van der Waals surface area contributed by atoms with Crippen LogP contribution in [0.25, 0.3) is 0 Å². The van der Waals surface area contributed by atoms with Gasteiger partial charge in [0.25, 0.3) is 11.8 Å². The number of nitrogens with two attached hydrogens (primary N) is 1. The second-order valence-electron chi connectivity index (χ2n) is 5.39. The van der Waals surface area contributed by atoms with Gasteiger partial charge in [0.15, 0.2) is 5.78 Å². The van der Waals surface area contributed by atoms with Crippen LogP contribution in [0.4, 0.5) is 4.79 Å². The molecule has 0 radical (unpaired) electrons. The number of carbonyl (C=O) groups excluding carboxylic acids is 5. The molecule has 3 N–H and O–H groups in total. The fraction of sp³-hybridized carbons (Fsp3) is 0.429. The third-order valence-corrected chi connectivity index (χ3v) is 4.99. The zero-order chi connectivity index (χ0) is 20.3. The SMILES string of the molecule is CON=C(C(C)=O)C(=O)NC1C(=O)N2C(C(=O)[O-])=C(COC(N)=O)CS[C@H]12.[Na+]. The summed E-state index contributed by atoms with van der Waals surface area (Å²) in [6, 6.07) is -1.07. The van der Waals surface area contributed by atoms with E-state index in [0.29, 0.717) is 0 Å². The van der Waals surface area contributed by atoms with Crippen molar-refractivity contribution in [3.63, 3.8) is 0 Å².